The summed E-state index contributed by atoms with van der Waals surface area (Å²) in [4.78, 5) is 21.8. The molecule has 0 aliphatic carbocycles. The molecule has 9 rings (SSSR count). The van der Waals surface area contributed by atoms with Crippen LogP contribution in [0, 0.1) is 41.5 Å². The Bertz CT molecular complexity index is 2770. The Morgan fingerprint density at radius 3 is 0.983 bits per heavy atom. The van der Waals surface area contributed by atoms with E-state index in [1.807, 2.05) is 48.5 Å². The number of rotatable bonds is 6. The first-order chi connectivity index (χ1) is 28.1. The van der Waals surface area contributed by atoms with E-state index in [9.17, 15) is 10.2 Å². The summed E-state index contributed by atoms with van der Waals surface area (Å²) in [6.07, 6.45) is 8.37. The number of benzene rings is 4. The molecule has 3 aromatic heterocycles. The Kier molecular flexibility index (Phi) is 10.8. The molecule has 6 nitrogen and oxygen atoms in total. The molecule has 0 saturated carbocycles. The zero-order valence-corrected chi connectivity index (χ0v) is 37.3. The minimum absolute atomic E-state index is 0. The number of hydrogen-bond acceptors (Lipinski definition) is 4. The third kappa shape index (κ3) is 7.25. The maximum Gasteiger partial charge on any atom is 2.00 e. The number of aryl methyl sites for hydroxylation is 6. The molecule has 0 amide bonds. The average molecular weight is 822 g/mol. The quantitative estimate of drug-likeness (QED) is 0.162. The van der Waals surface area contributed by atoms with Crippen LogP contribution in [0.1, 0.15) is 67.3 Å². The first-order valence-corrected chi connectivity index (χ1v) is 19.7. The largest absolute Gasteiger partial charge is 2.00 e. The number of hydrogen-bond donors (Lipinski definition) is 2. The maximum absolute atomic E-state index is 9.92. The third-order valence-corrected chi connectivity index (χ3v) is 11.3. The summed E-state index contributed by atoms with van der Waals surface area (Å²) in [6, 6.07) is 33.3. The summed E-state index contributed by atoms with van der Waals surface area (Å²) < 4.78 is 0. The standard InChI is InChI=1S/C52H44N4O2.Zn/c1-29-23-31(3)47(32(4)24-29)51-43-19-15-39(53-43)49(37-11-7-35(27-57)8-12-37)41-17-21-45(55-41)52(48-33(5)25-30(2)26-34(48)6)46-22-18-42(56-46)50(40-16-20-44(51)54-40)38-13-9-36(28-58)10-14-38;/h7-26,57-58H,27-28H2,1-6H3;/q-2;+2. The van der Waals surface area contributed by atoms with Crippen LogP contribution >= 0.6 is 0 Å². The fourth-order valence-electron chi connectivity index (χ4n) is 8.89. The molecule has 0 saturated heterocycles. The van der Waals surface area contributed by atoms with E-state index < -0.39 is 0 Å². The number of nitrogens with zero attached hydrogens (tertiary/aromatic N) is 4. The topological polar surface area (TPSA) is 94.4 Å². The van der Waals surface area contributed by atoms with Crippen molar-refractivity contribution in [1.29, 1.82) is 0 Å². The fraction of sp³-hybridized carbons (Fsp3) is 0.154. The van der Waals surface area contributed by atoms with E-state index in [0.717, 1.165) is 123 Å². The molecule has 2 aliphatic heterocycles. The molecule has 0 fully saturated rings. The SMILES string of the molecule is Cc1cc(C)c(-c2c3nc(c(-c4ccc(CO)cc4)c4ccc([n-]4)c(-c4c(C)cc(C)cc4C)c4nc(c(-c5ccc(CO)cc5)c5ccc2[n-]5)C=C4)C=C3)c(C)c1.[Zn+2]. The van der Waals surface area contributed by atoms with Gasteiger partial charge in [-0.3, -0.25) is 0 Å². The van der Waals surface area contributed by atoms with Gasteiger partial charge in [0.2, 0.25) is 0 Å². The van der Waals surface area contributed by atoms with Crippen LogP contribution < -0.4 is 9.97 Å². The van der Waals surface area contributed by atoms with Gasteiger partial charge in [-0.25, -0.2) is 9.97 Å². The van der Waals surface area contributed by atoms with Crippen molar-refractivity contribution < 1.29 is 29.7 Å². The molecule has 5 heterocycles. The van der Waals surface area contributed by atoms with Gasteiger partial charge in [-0.2, -0.15) is 0 Å². The Morgan fingerprint density at radius 1 is 0.390 bits per heavy atom. The van der Waals surface area contributed by atoms with Crippen LogP contribution in [-0.2, 0) is 32.7 Å². The molecule has 0 atom stereocenters. The van der Waals surface area contributed by atoms with E-state index in [0.29, 0.717) is 0 Å². The van der Waals surface area contributed by atoms with Crippen molar-refractivity contribution in [1.82, 2.24) is 19.9 Å². The van der Waals surface area contributed by atoms with Crippen molar-refractivity contribution in [3.8, 4) is 44.5 Å². The molecule has 0 spiro atoms. The van der Waals surface area contributed by atoms with Crippen LogP contribution in [0.2, 0.25) is 0 Å². The van der Waals surface area contributed by atoms with Crippen LogP contribution in [0.4, 0.5) is 0 Å². The second kappa shape index (κ2) is 16.0. The Morgan fingerprint density at radius 2 is 0.678 bits per heavy atom. The smallest absolute Gasteiger partial charge is 0.657 e. The van der Waals surface area contributed by atoms with Gasteiger partial charge in [0.25, 0.3) is 0 Å². The van der Waals surface area contributed by atoms with Gasteiger partial charge in [0, 0.05) is 0 Å². The second-order valence-electron chi connectivity index (χ2n) is 15.6. The van der Waals surface area contributed by atoms with Gasteiger partial charge >= 0.3 is 19.5 Å². The Hall–Kier alpha value is -5.98. The summed E-state index contributed by atoms with van der Waals surface area (Å²) >= 11 is 0. The molecule has 0 radical (unpaired) electrons. The van der Waals surface area contributed by atoms with Crippen molar-refractivity contribution in [2.75, 3.05) is 0 Å². The van der Waals surface area contributed by atoms with Crippen LogP contribution in [-0.4, -0.2) is 20.2 Å². The molecular weight excluding hydrogens is 778 g/mol. The van der Waals surface area contributed by atoms with Crippen LogP contribution in [0.3, 0.4) is 0 Å². The van der Waals surface area contributed by atoms with E-state index in [4.69, 9.17) is 19.9 Å². The molecule has 7 heteroatoms. The summed E-state index contributed by atoms with van der Waals surface area (Å²) in [7, 11) is 0. The molecule has 7 aromatic rings. The molecular formula is C52H44N4O2Zn. The van der Waals surface area contributed by atoms with Crippen molar-refractivity contribution >= 4 is 46.4 Å². The van der Waals surface area contributed by atoms with Gasteiger partial charge in [0.05, 0.1) is 36.0 Å². The van der Waals surface area contributed by atoms with Crippen LogP contribution in [0.5, 0.6) is 0 Å². The number of aliphatic hydroxyl groups excluding tert-OH is 2. The van der Waals surface area contributed by atoms with Crippen molar-refractivity contribution in [3.05, 3.63) is 164 Å². The summed E-state index contributed by atoms with van der Waals surface area (Å²) in [5.41, 5.74) is 23.0. The number of fused-ring (bicyclic) bond motifs is 8. The summed E-state index contributed by atoms with van der Waals surface area (Å²) in [5.74, 6) is 0. The van der Waals surface area contributed by atoms with E-state index in [-0.39, 0.29) is 32.7 Å². The zero-order chi connectivity index (χ0) is 40.2. The monoisotopic (exact) mass is 820 g/mol. The normalized spacial score (nSPS) is 11.9. The molecule has 59 heavy (non-hydrogen) atoms. The van der Waals surface area contributed by atoms with Gasteiger partial charge in [-0.1, -0.05) is 108 Å². The first kappa shape index (κ1) is 39.8. The zero-order valence-electron chi connectivity index (χ0n) is 34.4. The number of aliphatic hydroxyl groups is 2. The average Bonchev–Trinajstić information content (AvgIpc) is 4.05. The minimum atomic E-state index is -0.0370. The summed E-state index contributed by atoms with van der Waals surface area (Å²) in [6.45, 7) is 12.8. The second-order valence-corrected chi connectivity index (χ2v) is 15.6. The van der Waals surface area contributed by atoms with Crippen molar-refractivity contribution in [3.63, 3.8) is 0 Å². The van der Waals surface area contributed by atoms with E-state index in [1.165, 1.54) is 11.1 Å². The molecule has 2 N–H and O–H groups in total. The summed E-state index contributed by atoms with van der Waals surface area (Å²) in [5, 5.41) is 19.8. The van der Waals surface area contributed by atoms with Crippen LogP contribution in [0.15, 0.2) is 97.1 Å². The predicted octanol–water partition coefficient (Wildman–Crippen LogP) is 11.4. The maximum atomic E-state index is 9.92. The van der Waals surface area contributed by atoms with Crippen LogP contribution in [0.25, 0.3) is 90.9 Å². The molecule has 4 aromatic carbocycles. The van der Waals surface area contributed by atoms with E-state index in [2.05, 4.69) is 114 Å². The Balaban J connectivity index is 0.00000484. The number of aromatic nitrogens is 4. The third-order valence-electron chi connectivity index (χ3n) is 11.3. The van der Waals surface area contributed by atoms with E-state index >= 15 is 0 Å². The fourth-order valence-corrected chi connectivity index (χ4v) is 8.89. The molecule has 0 unspecified atom stereocenters. The molecule has 286 valence electrons. The van der Waals surface area contributed by atoms with Gasteiger partial charge in [-0.05, 0) is 144 Å². The minimum Gasteiger partial charge on any atom is -0.657 e. The van der Waals surface area contributed by atoms with Gasteiger partial charge < -0.3 is 20.2 Å². The Labute approximate surface area is 357 Å². The van der Waals surface area contributed by atoms with Gasteiger partial charge in [-0.15, -0.1) is 22.1 Å². The van der Waals surface area contributed by atoms with Gasteiger partial charge in [0.15, 0.2) is 0 Å². The van der Waals surface area contributed by atoms with Crippen molar-refractivity contribution in [2.45, 2.75) is 54.8 Å². The molecule has 8 bridgehead atoms. The first-order valence-electron chi connectivity index (χ1n) is 19.7. The predicted molar refractivity (Wildman–Crippen MR) is 239 cm³/mol. The van der Waals surface area contributed by atoms with E-state index in [1.54, 1.807) is 0 Å². The van der Waals surface area contributed by atoms with Gasteiger partial charge in [0.1, 0.15) is 0 Å². The van der Waals surface area contributed by atoms with Crippen molar-refractivity contribution in [2.24, 2.45) is 0 Å². The molecule has 2 aliphatic rings.